The van der Waals surface area contributed by atoms with Crippen LogP contribution in [0.1, 0.15) is 33.6 Å². The lowest BCUT2D eigenvalue weighted by Crippen LogP contribution is -2.27. The van der Waals surface area contributed by atoms with Gasteiger partial charge in [0.15, 0.2) is 0 Å². The Bertz CT molecular complexity index is 494. The van der Waals surface area contributed by atoms with Crippen LogP contribution in [0.3, 0.4) is 0 Å². The molecule has 5 N–H and O–H groups in total. The number of carbonyl (C=O) groups is 2. The highest BCUT2D eigenvalue weighted by molar-refractivity contribution is 5.99. The molecule has 20 heavy (non-hydrogen) atoms. The standard InChI is InChI=1S/C14H19N3O3/c1-20-7-12(8-2-3-8)17-11-5-9(13(15)18)4-10(6-11)14(16)19/h4-6,8,12,17H,2-3,7H2,1H3,(H2,15,18)(H2,16,19). The molecule has 1 atom stereocenters. The molecule has 1 aromatic carbocycles. The first-order valence-electron chi connectivity index (χ1n) is 6.51. The SMILES string of the molecule is COCC(Nc1cc(C(N)=O)cc(C(N)=O)c1)C1CC1. The van der Waals surface area contributed by atoms with Gasteiger partial charge in [0.2, 0.25) is 11.8 Å². The molecule has 6 heteroatoms. The monoisotopic (exact) mass is 277 g/mol. The second-order valence-corrected chi connectivity index (χ2v) is 5.07. The van der Waals surface area contributed by atoms with Gasteiger partial charge in [0.05, 0.1) is 12.6 Å². The summed E-state index contributed by atoms with van der Waals surface area (Å²) in [5.74, 6) is -0.624. The van der Waals surface area contributed by atoms with Gasteiger partial charge in [-0.15, -0.1) is 0 Å². The molecular weight excluding hydrogens is 258 g/mol. The Balaban J connectivity index is 2.24. The van der Waals surface area contributed by atoms with Crippen LogP contribution in [-0.2, 0) is 4.74 Å². The summed E-state index contributed by atoms with van der Waals surface area (Å²) in [5.41, 5.74) is 11.7. The van der Waals surface area contributed by atoms with Crippen molar-refractivity contribution in [1.29, 1.82) is 0 Å². The Hall–Kier alpha value is -2.08. The topological polar surface area (TPSA) is 107 Å². The number of nitrogens with two attached hydrogens (primary N) is 2. The first-order valence-corrected chi connectivity index (χ1v) is 6.51. The van der Waals surface area contributed by atoms with E-state index in [9.17, 15) is 9.59 Å². The Morgan fingerprint density at radius 1 is 1.25 bits per heavy atom. The van der Waals surface area contributed by atoms with Crippen molar-refractivity contribution in [2.45, 2.75) is 18.9 Å². The highest BCUT2D eigenvalue weighted by Crippen LogP contribution is 2.34. The first-order chi connectivity index (χ1) is 9.51. The van der Waals surface area contributed by atoms with Crippen LogP contribution >= 0.6 is 0 Å². The van der Waals surface area contributed by atoms with E-state index in [1.54, 1.807) is 19.2 Å². The number of anilines is 1. The van der Waals surface area contributed by atoms with Crippen LogP contribution in [0.25, 0.3) is 0 Å². The number of hydrogen-bond acceptors (Lipinski definition) is 4. The van der Waals surface area contributed by atoms with Crippen molar-refractivity contribution in [1.82, 2.24) is 0 Å². The van der Waals surface area contributed by atoms with Crippen LogP contribution in [0.15, 0.2) is 18.2 Å². The molecule has 1 aliphatic rings. The second-order valence-electron chi connectivity index (χ2n) is 5.07. The lowest BCUT2D eigenvalue weighted by molar-refractivity contribution is 0.0999. The van der Waals surface area contributed by atoms with Crippen molar-refractivity contribution in [3.05, 3.63) is 29.3 Å². The molecule has 2 amide bonds. The van der Waals surface area contributed by atoms with Crippen LogP contribution in [-0.4, -0.2) is 31.6 Å². The summed E-state index contributed by atoms with van der Waals surface area (Å²) in [5, 5.41) is 3.29. The third-order valence-electron chi connectivity index (χ3n) is 3.39. The van der Waals surface area contributed by atoms with Crippen molar-refractivity contribution in [2.75, 3.05) is 19.0 Å². The predicted octanol–water partition coefficient (Wildman–Crippen LogP) is 0.721. The molecule has 1 saturated carbocycles. The maximum atomic E-state index is 11.3. The van der Waals surface area contributed by atoms with Gasteiger partial charge in [-0.2, -0.15) is 0 Å². The number of carbonyl (C=O) groups excluding carboxylic acids is 2. The van der Waals surface area contributed by atoms with Crippen molar-refractivity contribution in [2.24, 2.45) is 17.4 Å². The fourth-order valence-corrected chi connectivity index (χ4v) is 2.18. The smallest absolute Gasteiger partial charge is 0.248 e. The summed E-state index contributed by atoms with van der Waals surface area (Å²) >= 11 is 0. The second kappa shape index (κ2) is 5.92. The molecule has 0 spiro atoms. The van der Waals surface area contributed by atoms with Gasteiger partial charge in [-0.3, -0.25) is 9.59 Å². The highest BCUT2D eigenvalue weighted by atomic mass is 16.5. The van der Waals surface area contributed by atoms with E-state index in [0.717, 1.165) is 12.8 Å². The van der Waals surface area contributed by atoms with Crippen LogP contribution in [0, 0.1) is 5.92 Å². The summed E-state index contributed by atoms with van der Waals surface area (Å²) in [6.07, 6.45) is 2.30. The number of hydrogen-bond donors (Lipinski definition) is 3. The zero-order valence-electron chi connectivity index (χ0n) is 11.4. The number of nitrogens with one attached hydrogen (secondary N) is 1. The van der Waals surface area contributed by atoms with E-state index in [2.05, 4.69) is 5.32 Å². The third-order valence-corrected chi connectivity index (χ3v) is 3.39. The number of amides is 2. The molecule has 2 rings (SSSR count). The van der Waals surface area contributed by atoms with Gasteiger partial charge < -0.3 is 21.5 Å². The van der Waals surface area contributed by atoms with Gasteiger partial charge in [-0.05, 0) is 37.0 Å². The zero-order valence-corrected chi connectivity index (χ0v) is 11.4. The zero-order chi connectivity index (χ0) is 14.7. The minimum Gasteiger partial charge on any atom is -0.383 e. The molecule has 0 heterocycles. The van der Waals surface area contributed by atoms with Crippen molar-refractivity contribution >= 4 is 17.5 Å². The lowest BCUT2D eigenvalue weighted by atomic mass is 10.1. The van der Waals surface area contributed by atoms with Crippen LogP contribution < -0.4 is 16.8 Å². The van der Waals surface area contributed by atoms with Gasteiger partial charge in [-0.1, -0.05) is 0 Å². The molecule has 0 saturated heterocycles. The summed E-state index contributed by atoms with van der Waals surface area (Å²) < 4.78 is 5.19. The quantitative estimate of drug-likeness (QED) is 0.682. The van der Waals surface area contributed by atoms with E-state index in [1.165, 1.54) is 6.07 Å². The summed E-state index contributed by atoms with van der Waals surface area (Å²) in [6.45, 7) is 0.567. The first kappa shape index (κ1) is 14.3. The van der Waals surface area contributed by atoms with E-state index >= 15 is 0 Å². The summed E-state index contributed by atoms with van der Waals surface area (Å²) in [6, 6.07) is 4.81. The minimum absolute atomic E-state index is 0.156. The van der Waals surface area contributed by atoms with E-state index < -0.39 is 11.8 Å². The van der Waals surface area contributed by atoms with Crippen molar-refractivity contribution in [3.63, 3.8) is 0 Å². The molecule has 6 nitrogen and oxygen atoms in total. The van der Waals surface area contributed by atoms with Gasteiger partial charge in [0.1, 0.15) is 0 Å². The minimum atomic E-state index is -0.592. The van der Waals surface area contributed by atoms with Crippen molar-refractivity contribution < 1.29 is 14.3 Å². The Morgan fingerprint density at radius 3 is 2.20 bits per heavy atom. The number of ether oxygens (including phenoxy) is 1. The Labute approximate surface area is 117 Å². The van der Waals surface area contributed by atoms with E-state index in [-0.39, 0.29) is 17.2 Å². The average molecular weight is 277 g/mol. The molecule has 108 valence electrons. The predicted molar refractivity (Wildman–Crippen MR) is 75.5 cm³/mol. The normalized spacial score (nSPS) is 15.7. The van der Waals surface area contributed by atoms with E-state index in [4.69, 9.17) is 16.2 Å². The van der Waals surface area contributed by atoms with E-state index in [1.807, 2.05) is 0 Å². The maximum absolute atomic E-state index is 11.3. The molecule has 0 aromatic heterocycles. The number of rotatable bonds is 7. The molecule has 1 aliphatic carbocycles. The van der Waals surface area contributed by atoms with Gasteiger partial charge >= 0.3 is 0 Å². The van der Waals surface area contributed by atoms with Crippen molar-refractivity contribution in [3.8, 4) is 0 Å². The van der Waals surface area contributed by atoms with Crippen LogP contribution in [0.4, 0.5) is 5.69 Å². The molecule has 1 aromatic rings. The van der Waals surface area contributed by atoms with E-state index in [0.29, 0.717) is 18.2 Å². The fourth-order valence-electron chi connectivity index (χ4n) is 2.18. The molecule has 0 aliphatic heterocycles. The third kappa shape index (κ3) is 3.48. The molecular formula is C14H19N3O3. The van der Waals surface area contributed by atoms with Gasteiger partial charge in [-0.25, -0.2) is 0 Å². The molecule has 1 fully saturated rings. The average Bonchev–Trinajstić information content (AvgIpc) is 3.22. The lowest BCUT2D eigenvalue weighted by Gasteiger charge is -2.19. The Morgan fingerprint density at radius 2 is 1.80 bits per heavy atom. The largest absolute Gasteiger partial charge is 0.383 e. The summed E-state index contributed by atoms with van der Waals surface area (Å²) in [7, 11) is 1.64. The van der Waals surface area contributed by atoms with Crippen LogP contribution in [0.5, 0.6) is 0 Å². The maximum Gasteiger partial charge on any atom is 0.248 e. The molecule has 1 unspecified atom stereocenters. The molecule has 0 bridgehead atoms. The fraction of sp³-hybridized carbons (Fsp3) is 0.429. The Kier molecular flexibility index (Phi) is 4.24. The van der Waals surface area contributed by atoms with Crippen LogP contribution in [0.2, 0.25) is 0 Å². The van der Waals surface area contributed by atoms with Gasteiger partial charge in [0.25, 0.3) is 0 Å². The van der Waals surface area contributed by atoms with Gasteiger partial charge in [0, 0.05) is 23.9 Å². The number of benzene rings is 1. The number of primary amides is 2. The number of methoxy groups -OCH3 is 1. The summed E-state index contributed by atoms with van der Waals surface area (Å²) in [4.78, 5) is 22.6. The molecule has 0 radical (unpaired) electrons. The highest BCUT2D eigenvalue weighted by Gasteiger charge is 2.31.